The third kappa shape index (κ3) is 5.82. The van der Waals surface area contributed by atoms with Crippen LogP contribution in [0.1, 0.15) is 20.8 Å². The van der Waals surface area contributed by atoms with E-state index in [1.165, 1.54) is 6.07 Å². The number of nitro groups is 1. The Labute approximate surface area is 134 Å². The summed E-state index contributed by atoms with van der Waals surface area (Å²) in [5, 5.41) is 10.7. The Morgan fingerprint density at radius 3 is 2.35 bits per heavy atom. The van der Waals surface area contributed by atoms with Crippen molar-refractivity contribution in [1.82, 2.24) is 4.90 Å². The minimum absolute atomic E-state index is 0.0494. The zero-order chi connectivity index (χ0) is 17.8. The smallest absolute Gasteiger partial charge is 0.414 e. The third-order valence-corrected chi connectivity index (χ3v) is 2.82. The van der Waals surface area contributed by atoms with E-state index >= 15 is 0 Å². The highest BCUT2D eigenvalue weighted by molar-refractivity contribution is 5.88. The van der Waals surface area contributed by atoms with Crippen molar-refractivity contribution in [2.45, 2.75) is 26.4 Å². The number of nitro benzene ring substituents is 1. The van der Waals surface area contributed by atoms with Crippen molar-refractivity contribution in [1.29, 1.82) is 0 Å². The molecule has 1 rings (SSSR count). The summed E-state index contributed by atoms with van der Waals surface area (Å²) in [5.41, 5.74) is -1.15. The molecule has 0 saturated heterocycles. The van der Waals surface area contributed by atoms with Gasteiger partial charge in [-0.1, -0.05) is 0 Å². The number of hydrogen-bond donors (Lipinski definition) is 0. The predicted octanol–water partition coefficient (Wildman–Crippen LogP) is 3.04. The Morgan fingerprint density at radius 1 is 1.30 bits per heavy atom. The average Bonchev–Trinajstić information content (AvgIpc) is 2.37. The summed E-state index contributed by atoms with van der Waals surface area (Å²) in [6.07, 6.45) is -0.702. The van der Waals surface area contributed by atoms with Crippen molar-refractivity contribution in [3.63, 3.8) is 0 Å². The predicted molar refractivity (Wildman–Crippen MR) is 85.2 cm³/mol. The van der Waals surface area contributed by atoms with Gasteiger partial charge >= 0.3 is 6.09 Å². The van der Waals surface area contributed by atoms with Crippen LogP contribution in [0.3, 0.4) is 0 Å². The van der Waals surface area contributed by atoms with Crippen molar-refractivity contribution >= 4 is 17.5 Å². The topological polar surface area (TPSA) is 75.9 Å². The number of non-ortho nitro benzene ring substituents is 1. The number of ether oxygens (including phenoxy) is 1. The number of rotatable bonds is 5. The quantitative estimate of drug-likeness (QED) is 0.614. The summed E-state index contributed by atoms with van der Waals surface area (Å²) in [5.74, 6) is -0.844. The Kier molecular flexibility index (Phi) is 6.03. The van der Waals surface area contributed by atoms with E-state index in [1.807, 2.05) is 19.0 Å². The summed E-state index contributed by atoms with van der Waals surface area (Å²) in [4.78, 5) is 25.3. The lowest BCUT2D eigenvalue weighted by Gasteiger charge is -2.28. The molecule has 1 amide bonds. The number of carbonyl (C=O) groups is 1. The maximum atomic E-state index is 14.2. The first-order valence-electron chi connectivity index (χ1n) is 7.10. The molecule has 8 heteroatoms. The fraction of sp³-hybridized carbons (Fsp3) is 0.533. The maximum absolute atomic E-state index is 14.2. The fourth-order valence-electron chi connectivity index (χ4n) is 1.76. The number of amides is 1. The van der Waals surface area contributed by atoms with Gasteiger partial charge < -0.3 is 9.64 Å². The van der Waals surface area contributed by atoms with Crippen LogP contribution in [-0.4, -0.2) is 48.7 Å². The molecule has 0 fully saturated rings. The third-order valence-electron chi connectivity index (χ3n) is 2.82. The highest BCUT2D eigenvalue weighted by Crippen LogP contribution is 2.25. The molecule has 1 aromatic rings. The minimum Gasteiger partial charge on any atom is -0.443 e. The SMILES string of the molecule is CN(C)CCN(C(=O)OC(C)(C)C)c1ccc([N+](=O)[O-])cc1F. The monoisotopic (exact) mass is 327 g/mol. The molecule has 0 aliphatic carbocycles. The van der Waals surface area contributed by atoms with Gasteiger partial charge in [0.1, 0.15) is 5.60 Å². The van der Waals surface area contributed by atoms with Gasteiger partial charge in [-0.2, -0.15) is 0 Å². The number of likely N-dealkylation sites (N-methyl/N-ethyl adjacent to an activating group) is 1. The molecule has 1 aromatic carbocycles. The molecule has 0 heterocycles. The Balaban J connectivity index is 3.13. The van der Waals surface area contributed by atoms with Gasteiger partial charge in [-0.05, 0) is 40.9 Å². The van der Waals surface area contributed by atoms with Crippen LogP contribution < -0.4 is 4.90 Å². The molecule has 128 valence electrons. The Bertz CT molecular complexity index is 585. The van der Waals surface area contributed by atoms with Crippen LogP contribution in [0.5, 0.6) is 0 Å². The molecule has 0 bridgehead atoms. The highest BCUT2D eigenvalue weighted by Gasteiger charge is 2.26. The van der Waals surface area contributed by atoms with Gasteiger partial charge in [0.15, 0.2) is 5.82 Å². The molecule has 0 N–H and O–H groups in total. The number of carbonyl (C=O) groups excluding carboxylic acids is 1. The molecule has 0 unspecified atom stereocenters. The molecule has 0 aromatic heterocycles. The lowest BCUT2D eigenvalue weighted by atomic mass is 10.2. The van der Waals surface area contributed by atoms with Gasteiger partial charge in [0.05, 0.1) is 16.7 Å². The van der Waals surface area contributed by atoms with Crippen LogP contribution in [0.15, 0.2) is 18.2 Å². The number of benzene rings is 1. The van der Waals surface area contributed by atoms with E-state index in [4.69, 9.17) is 4.74 Å². The highest BCUT2D eigenvalue weighted by atomic mass is 19.1. The van der Waals surface area contributed by atoms with E-state index < -0.39 is 22.4 Å². The number of anilines is 1. The van der Waals surface area contributed by atoms with E-state index in [9.17, 15) is 19.3 Å². The number of nitrogens with zero attached hydrogens (tertiary/aromatic N) is 3. The number of halogens is 1. The van der Waals surface area contributed by atoms with Gasteiger partial charge in [-0.3, -0.25) is 15.0 Å². The standard InChI is InChI=1S/C15H22FN3O4/c1-15(2,3)23-14(20)18(9-8-17(4)5)13-7-6-11(19(21)22)10-12(13)16/h6-7,10H,8-9H2,1-5H3. The van der Waals surface area contributed by atoms with Gasteiger partial charge in [-0.25, -0.2) is 9.18 Å². The second kappa shape index (κ2) is 7.36. The first-order chi connectivity index (χ1) is 10.5. The molecule has 0 aliphatic heterocycles. The lowest BCUT2D eigenvalue weighted by molar-refractivity contribution is -0.385. The molecule has 0 radical (unpaired) electrons. The maximum Gasteiger partial charge on any atom is 0.414 e. The van der Waals surface area contributed by atoms with E-state index in [0.717, 1.165) is 17.0 Å². The van der Waals surface area contributed by atoms with Crippen molar-refractivity contribution < 1.29 is 18.8 Å². The van der Waals surface area contributed by atoms with E-state index in [2.05, 4.69) is 0 Å². The normalized spacial score (nSPS) is 11.4. The van der Waals surface area contributed by atoms with Crippen LogP contribution in [0.25, 0.3) is 0 Å². The van der Waals surface area contributed by atoms with E-state index in [0.29, 0.717) is 6.54 Å². The summed E-state index contributed by atoms with van der Waals surface area (Å²) in [6.45, 7) is 5.80. The van der Waals surface area contributed by atoms with Crippen molar-refractivity contribution in [2.24, 2.45) is 0 Å². The minimum atomic E-state index is -0.844. The van der Waals surface area contributed by atoms with E-state index in [1.54, 1.807) is 20.8 Å². The van der Waals surface area contributed by atoms with E-state index in [-0.39, 0.29) is 17.9 Å². The van der Waals surface area contributed by atoms with Gasteiger partial charge in [-0.15, -0.1) is 0 Å². The first kappa shape index (κ1) is 18.8. The Hall–Kier alpha value is -2.22. The van der Waals surface area contributed by atoms with Gasteiger partial charge in [0, 0.05) is 19.2 Å². The van der Waals surface area contributed by atoms with Crippen LogP contribution in [-0.2, 0) is 4.74 Å². The first-order valence-corrected chi connectivity index (χ1v) is 7.10. The lowest BCUT2D eigenvalue weighted by Crippen LogP contribution is -2.40. The Morgan fingerprint density at radius 2 is 1.91 bits per heavy atom. The van der Waals surface area contributed by atoms with Gasteiger partial charge in [0.2, 0.25) is 0 Å². The molecule has 0 atom stereocenters. The summed E-state index contributed by atoms with van der Waals surface area (Å²) >= 11 is 0. The van der Waals surface area contributed by atoms with Crippen molar-refractivity contribution in [3.8, 4) is 0 Å². The largest absolute Gasteiger partial charge is 0.443 e. The van der Waals surface area contributed by atoms with Crippen LogP contribution in [0, 0.1) is 15.9 Å². The summed E-state index contributed by atoms with van der Waals surface area (Å²) in [7, 11) is 3.64. The molecular formula is C15H22FN3O4. The molecule has 0 saturated carbocycles. The molecule has 0 aliphatic rings. The summed E-state index contributed by atoms with van der Waals surface area (Å²) < 4.78 is 19.5. The second-order valence-corrected chi connectivity index (χ2v) is 6.33. The zero-order valence-corrected chi connectivity index (χ0v) is 14.0. The zero-order valence-electron chi connectivity index (χ0n) is 14.0. The van der Waals surface area contributed by atoms with Crippen LogP contribution >= 0.6 is 0 Å². The molecule has 0 spiro atoms. The number of hydrogen-bond acceptors (Lipinski definition) is 5. The fourth-order valence-corrected chi connectivity index (χ4v) is 1.76. The van der Waals surface area contributed by atoms with Crippen LogP contribution in [0.2, 0.25) is 0 Å². The van der Waals surface area contributed by atoms with Crippen molar-refractivity contribution in [2.75, 3.05) is 32.1 Å². The second-order valence-electron chi connectivity index (χ2n) is 6.33. The average molecular weight is 327 g/mol. The molecular weight excluding hydrogens is 305 g/mol. The summed E-state index contributed by atoms with van der Waals surface area (Å²) in [6, 6.07) is 3.17. The van der Waals surface area contributed by atoms with Gasteiger partial charge in [0.25, 0.3) is 5.69 Å². The van der Waals surface area contributed by atoms with Crippen LogP contribution in [0.4, 0.5) is 20.6 Å². The molecule has 23 heavy (non-hydrogen) atoms. The van der Waals surface area contributed by atoms with Crippen molar-refractivity contribution in [3.05, 3.63) is 34.1 Å². The molecule has 7 nitrogen and oxygen atoms in total.